The van der Waals surface area contributed by atoms with E-state index in [9.17, 15) is 0 Å². The summed E-state index contributed by atoms with van der Waals surface area (Å²) in [5.41, 5.74) is 7.49. The summed E-state index contributed by atoms with van der Waals surface area (Å²) in [4.78, 5) is 13.0. The zero-order valence-electron chi connectivity index (χ0n) is 21.8. The minimum Gasteiger partial charge on any atom is -0.435 e. The van der Waals surface area contributed by atoms with Crippen molar-refractivity contribution in [1.29, 1.82) is 0 Å². The lowest BCUT2D eigenvalue weighted by molar-refractivity contribution is 0.468. The van der Waals surface area contributed by atoms with Gasteiger partial charge in [0.2, 0.25) is 5.88 Å². The molecule has 196 valence electrons. The Kier molecular flexibility index (Phi) is 12.8. The van der Waals surface area contributed by atoms with E-state index in [2.05, 4.69) is 43.1 Å². The average Bonchev–Trinajstić information content (AvgIpc) is 2.90. The second kappa shape index (κ2) is 16.4. The summed E-state index contributed by atoms with van der Waals surface area (Å²) >= 11 is 3.56. The van der Waals surface area contributed by atoms with Crippen molar-refractivity contribution in [2.75, 3.05) is 17.6 Å². The van der Waals surface area contributed by atoms with E-state index in [1.165, 1.54) is 89.8 Å². The second-order valence-corrected chi connectivity index (χ2v) is 10.4. The molecule has 0 fully saturated rings. The molecule has 3 N–H and O–H groups in total. The average molecular weight is 557 g/mol. The van der Waals surface area contributed by atoms with Crippen molar-refractivity contribution in [2.45, 2.75) is 96.8 Å². The number of ether oxygens (including phenoxy) is 1. The van der Waals surface area contributed by atoms with Gasteiger partial charge in [-0.3, -0.25) is 4.98 Å². The van der Waals surface area contributed by atoms with E-state index in [-0.39, 0.29) is 0 Å². The van der Waals surface area contributed by atoms with Gasteiger partial charge in [0.15, 0.2) is 11.6 Å². The van der Waals surface area contributed by atoms with E-state index >= 15 is 0 Å². The largest absolute Gasteiger partial charge is 0.435 e. The Hall–Kier alpha value is -2.41. The molecule has 0 unspecified atom stereocenters. The number of hydrogen-bond acceptors (Lipinski definition) is 6. The van der Waals surface area contributed by atoms with Crippen LogP contribution >= 0.6 is 15.9 Å². The molecule has 0 radical (unpaired) electrons. The first-order chi connectivity index (χ1) is 17.7. The predicted molar refractivity (Wildman–Crippen MR) is 155 cm³/mol. The van der Waals surface area contributed by atoms with E-state index in [4.69, 9.17) is 10.5 Å². The molecule has 0 saturated carbocycles. The topological polar surface area (TPSA) is 86.0 Å². The fourth-order valence-electron chi connectivity index (χ4n) is 4.43. The van der Waals surface area contributed by atoms with E-state index in [0.29, 0.717) is 23.1 Å². The maximum atomic E-state index is 6.32. The number of unbranched alkanes of at least 4 members (excludes halogenated alkanes) is 13. The number of hydrogen-bond donors (Lipinski definition) is 2. The number of benzene rings is 1. The summed E-state index contributed by atoms with van der Waals surface area (Å²) in [5.74, 6) is 1.56. The molecule has 1 aromatic carbocycles. The van der Waals surface area contributed by atoms with Gasteiger partial charge in [-0.1, -0.05) is 112 Å². The van der Waals surface area contributed by atoms with Crippen LogP contribution in [0.1, 0.15) is 96.8 Å². The molecule has 2 heterocycles. The highest BCUT2D eigenvalue weighted by atomic mass is 79.9. The van der Waals surface area contributed by atoms with Gasteiger partial charge < -0.3 is 15.8 Å². The Morgan fingerprint density at radius 2 is 1.44 bits per heavy atom. The summed E-state index contributed by atoms with van der Waals surface area (Å²) < 4.78 is 7.01. The number of nitrogens with zero attached hydrogens (tertiary/aromatic N) is 3. The molecule has 36 heavy (non-hydrogen) atoms. The first-order valence-corrected chi connectivity index (χ1v) is 14.6. The molecule has 2 aromatic heterocycles. The first kappa shape index (κ1) is 28.2. The van der Waals surface area contributed by atoms with Crippen LogP contribution in [0.4, 0.5) is 11.5 Å². The lowest BCUT2D eigenvalue weighted by Crippen LogP contribution is -2.08. The Labute approximate surface area is 225 Å². The molecular formula is C29H42BrN5O. The molecule has 0 aliphatic heterocycles. The van der Waals surface area contributed by atoms with Crippen molar-refractivity contribution in [3.8, 4) is 11.6 Å². The van der Waals surface area contributed by atoms with Crippen LogP contribution in [0.15, 0.2) is 41.3 Å². The number of fused-ring (bicyclic) bond motifs is 1. The van der Waals surface area contributed by atoms with Crippen LogP contribution in [0.25, 0.3) is 10.9 Å². The highest BCUT2D eigenvalue weighted by molar-refractivity contribution is 9.10. The zero-order chi connectivity index (χ0) is 25.4. The van der Waals surface area contributed by atoms with Gasteiger partial charge >= 0.3 is 0 Å². The number of pyridine rings is 1. The predicted octanol–water partition coefficient (Wildman–Crippen LogP) is 9.06. The Bertz CT molecular complexity index is 1050. The van der Waals surface area contributed by atoms with Crippen LogP contribution < -0.4 is 15.8 Å². The molecule has 0 atom stereocenters. The Balaban J connectivity index is 1.31. The molecule has 0 saturated heterocycles. The molecule has 3 rings (SSSR count). The van der Waals surface area contributed by atoms with Gasteiger partial charge in [-0.2, -0.15) is 4.98 Å². The van der Waals surface area contributed by atoms with E-state index in [0.717, 1.165) is 28.3 Å². The number of nitrogens with two attached hydrogens (primary N) is 1. The summed E-state index contributed by atoms with van der Waals surface area (Å²) in [6.45, 7) is 3.11. The first-order valence-electron chi connectivity index (χ1n) is 13.8. The maximum absolute atomic E-state index is 6.32. The quantitative estimate of drug-likeness (QED) is 0.152. The van der Waals surface area contributed by atoms with Gasteiger partial charge in [0, 0.05) is 22.6 Å². The number of nitrogens with one attached hydrogen (secondary N) is 1. The van der Waals surface area contributed by atoms with Gasteiger partial charge in [-0.25, -0.2) is 4.98 Å². The number of nitrogen functional groups attached to an aromatic ring is 1. The lowest BCUT2D eigenvalue weighted by Gasteiger charge is -2.13. The molecule has 0 amide bonds. The van der Waals surface area contributed by atoms with Crippen LogP contribution in [0.3, 0.4) is 0 Å². The Morgan fingerprint density at radius 3 is 2.11 bits per heavy atom. The van der Waals surface area contributed by atoms with Crippen LogP contribution in [0.5, 0.6) is 11.6 Å². The van der Waals surface area contributed by atoms with Crippen molar-refractivity contribution in [3.05, 3.63) is 41.3 Å². The fraction of sp³-hybridized carbons (Fsp3) is 0.552. The maximum Gasteiger partial charge on any atom is 0.248 e. The van der Waals surface area contributed by atoms with Gasteiger partial charge in [0.05, 0.1) is 0 Å². The summed E-state index contributed by atoms with van der Waals surface area (Å²) in [7, 11) is 0. The third-order valence-corrected chi connectivity index (χ3v) is 7.25. The third kappa shape index (κ3) is 9.23. The van der Waals surface area contributed by atoms with Gasteiger partial charge in [0.1, 0.15) is 17.5 Å². The second-order valence-electron chi connectivity index (χ2n) is 9.51. The highest BCUT2D eigenvalue weighted by Crippen LogP contribution is 2.35. The van der Waals surface area contributed by atoms with E-state index in [1.54, 1.807) is 6.20 Å². The monoisotopic (exact) mass is 555 g/mol. The van der Waals surface area contributed by atoms with Gasteiger partial charge in [-0.15, -0.1) is 0 Å². The molecule has 0 aliphatic rings. The molecule has 3 aromatic rings. The third-order valence-electron chi connectivity index (χ3n) is 6.56. The van der Waals surface area contributed by atoms with Gasteiger partial charge in [0.25, 0.3) is 0 Å². The van der Waals surface area contributed by atoms with Crippen molar-refractivity contribution in [2.24, 2.45) is 0 Å². The number of anilines is 2. The number of aromatic nitrogens is 3. The molecule has 0 aliphatic carbocycles. The standard InChI is InChI=1S/C29H42BrN5O/c1-2-3-4-5-6-7-8-9-10-11-12-13-14-15-20-33-28-26(31)29(35-22-34-28)36-25-19-18-24(30)23-17-16-21-32-27(23)25/h16-19,21-22H,2-15,20,31H2,1H3,(H,33,34,35). The van der Waals surface area contributed by atoms with Crippen molar-refractivity contribution < 1.29 is 4.74 Å². The molecule has 7 heteroatoms. The van der Waals surface area contributed by atoms with Crippen LogP contribution in [-0.2, 0) is 0 Å². The molecular weight excluding hydrogens is 514 g/mol. The lowest BCUT2D eigenvalue weighted by atomic mass is 10.0. The molecule has 0 spiro atoms. The summed E-state index contributed by atoms with van der Waals surface area (Å²) in [6, 6.07) is 7.69. The zero-order valence-corrected chi connectivity index (χ0v) is 23.4. The van der Waals surface area contributed by atoms with Crippen molar-refractivity contribution in [3.63, 3.8) is 0 Å². The smallest absolute Gasteiger partial charge is 0.248 e. The summed E-state index contributed by atoms with van der Waals surface area (Å²) in [5, 5.41) is 4.32. The molecule has 6 nitrogen and oxygen atoms in total. The normalized spacial score (nSPS) is 11.2. The summed E-state index contributed by atoms with van der Waals surface area (Å²) in [6.07, 6.45) is 22.2. The van der Waals surface area contributed by atoms with Gasteiger partial charge in [-0.05, 0) is 24.6 Å². The Morgan fingerprint density at radius 1 is 0.806 bits per heavy atom. The minimum absolute atomic E-state index is 0.336. The fourth-order valence-corrected chi connectivity index (χ4v) is 4.88. The van der Waals surface area contributed by atoms with Crippen LogP contribution in [0.2, 0.25) is 0 Å². The van der Waals surface area contributed by atoms with Crippen LogP contribution in [-0.4, -0.2) is 21.5 Å². The highest BCUT2D eigenvalue weighted by Gasteiger charge is 2.13. The van der Waals surface area contributed by atoms with E-state index in [1.807, 2.05) is 24.3 Å². The van der Waals surface area contributed by atoms with Crippen molar-refractivity contribution >= 4 is 38.3 Å². The number of rotatable bonds is 18. The van der Waals surface area contributed by atoms with E-state index < -0.39 is 0 Å². The van der Waals surface area contributed by atoms with Crippen molar-refractivity contribution in [1.82, 2.24) is 15.0 Å². The minimum atomic E-state index is 0.336. The number of halogens is 1. The molecule has 0 bridgehead atoms. The SMILES string of the molecule is CCCCCCCCCCCCCCCCNc1ncnc(Oc2ccc(Br)c3cccnc23)c1N. The van der Waals surface area contributed by atoms with Crippen LogP contribution in [0, 0.1) is 0 Å².